The Morgan fingerprint density at radius 3 is 2.74 bits per heavy atom. The Kier molecular flexibility index (Phi) is 3.98. The fraction of sp³-hybridized carbons (Fsp3) is 0.158. The molecule has 4 heteroatoms. The van der Waals surface area contributed by atoms with Crippen LogP contribution in [0.25, 0.3) is 10.8 Å². The van der Waals surface area contributed by atoms with Crippen LogP contribution in [0.5, 0.6) is 0 Å². The van der Waals surface area contributed by atoms with Crippen LogP contribution in [0.4, 0.5) is 11.5 Å². The van der Waals surface area contributed by atoms with Crippen molar-refractivity contribution in [2.75, 3.05) is 17.8 Å². The maximum atomic E-state index is 6.08. The fourth-order valence-corrected chi connectivity index (χ4v) is 2.67. The van der Waals surface area contributed by atoms with Gasteiger partial charge in [-0.1, -0.05) is 35.9 Å². The number of rotatable bonds is 3. The minimum Gasteiger partial charge on any atom is -0.398 e. The van der Waals surface area contributed by atoms with Gasteiger partial charge in [0.15, 0.2) is 5.82 Å². The molecular formula is C19H20N4. The number of nitrogen functional groups attached to an aromatic ring is 1. The average Bonchev–Trinajstić information content (AvgIpc) is 2.56. The molecule has 4 nitrogen and oxygen atoms in total. The second kappa shape index (κ2) is 6.08. The van der Waals surface area contributed by atoms with Crippen molar-refractivity contribution in [2.45, 2.75) is 13.8 Å². The Hall–Kier alpha value is -2.88. The van der Waals surface area contributed by atoms with Gasteiger partial charge in [-0.05, 0) is 37.4 Å². The van der Waals surface area contributed by atoms with E-state index in [2.05, 4.69) is 28.3 Å². The van der Waals surface area contributed by atoms with E-state index < -0.39 is 0 Å². The highest BCUT2D eigenvalue weighted by Gasteiger charge is 2.09. The van der Waals surface area contributed by atoms with Gasteiger partial charge in [-0.25, -0.2) is 4.98 Å². The van der Waals surface area contributed by atoms with Crippen molar-refractivity contribution in [3.8, 4) is 0 Å². The number of pyridine rings is 1. The lowest BCUT2D eigenvalue weighted by Gasteiger charge is -2.16. The van der Waals surface area contributed by atoms with Crippen LogP contribution in [0.3, 0.4) is 0 Å². The quantitative estimate of drug-likeness (QED) is 0.452. The first-order chi connectivity index (χ1) is 11.1. The summed E-state index contributed by atoms with van der Waals surface area (Å²) >= 11 is 0. The molecule has 0 aliphatic heterocycles. The topological polar surface area (TPSA) is 54.5 Å². The van der Waals surface area contributed by atoms with E-state index in [1.54, 1.807) is 11.2 Å². The smallest absolute Gasteiger partial charge is 0.156 e. The van der Waals surface area contributed by atoms with Crippen LogP contribution in [0.15, 0.2) is 59.8 Å². The minimum atomic E-state index is 0.733. The number of anilines is 2. The van der Waals surface area contributed by atoms with Gasteiger partial charge >= 0.3 is 0 Å². The van der Waals surface area contributed by atoms with E-state index in [4.69, 9.17) is 5.73 Å². The zero-order valence-corrected chi connectivity index (χ0v) is 13.6. The van der Waals surface area contributed by atoms with Gasteiger partial charge in [0.25, 0.3) is 0 Å². The van der Waals surface area contributed by atoms with Crippen LogP contribution in [0, 0.1) is 6.92 Å². The van der Waals surface area contributed by atoms with Crippen LogP contribution in [-0.2, 0) is 0 Å². The molecule has 0 spiro atoms. The lowest BCUT2D eigenvalue weighted by atomic mass is 10.1. The highest BCUT2D eigenvalue weighted by Crippen LogP contribution is 2.24. The summed E-state index contributed by atoms with van der Waals surface area (Å²) in [4.78, 5) is 4.48. The highest BCUT2D eigenvalue weighted by molar-refractivity contribution is 6.04. The molecule has 1 heterocycles. The van der Waals surface area contributed by atoms with Crippen LogP contribution in [0.2, 0.25) is 0 Å². The second-order valence-corrected chi connectivity index (χ2v) is 5.66. The number of aromatic nitrogens is 1. The number of nitrogens with two attached hydrogens (primary N) is 1. The normalized spacial score (nSPS) is 11.7. The van der Waals surface area contributed by atoms with E-state index in [0.717, 1.165) is 39.1 Å². The third-order valence-electron chi connectivity index (χ3n) is 3.86. The molecule has 2 N–H and O–H groups in total. The molecule has 0 atom stereocenters. The van der Waals surface area contributed by atoms with Crippen LogP contribution < -0.4 is 10.7 Å². The van der Waals surface area contributed by atoms with Crippen molar-refractivity contribution in [2.24, 2.45) is 5.10 Å². The monoisotopic (exact) mass is 304 g/mol. The third-order valence-corrected chi connectivity index (χ3v) is 3.86. The standard InChI is InChI=1S/C19H20N4/c1-13-8-9-18(20)17(12-13)14(2)22-23(3)19-16-7-5-4-6-15(16)10-11-21-19/h4-12H,20H2,1-3H3/b22-14+. The molecule has 2 aromatic carbocycles. The largest absolute Gasteiger partial charge is 0.398 e. The maximum Gasteiger partial charge on any atom is 0.156 e. The number of nitrogens with zero attached hydrogens (tertiary/aromatic N) is 3. The number of hydrazone groups is 1. The molecule has 3 aromatic rings. The summed E-state index contributed by atoms with van der Waals surface area (Å²) < 4.78 is 0. The van der Waals surface area contributed by atoms with E-state index in [0.29, 0.717) is 0 Å². The molecule has 116 valence electrons. The van der Waals surface area contributed by atoms with Gasteiger partial charge in [-0.3, -0.25) is 5.01 Å². The van der Waals surface area contributed by atoms with E-state index in [1.165, 1.54) is 0 Å². The van der Waals surface area contributed by atoms with Crippen LogP contribution >= 0.6 is 0 Å². The summed E-state index contributed by atoms with van der Waals surface area (Å²) in [5.74, 6) is 0.827. The van der Waals surface area contributed by atoms with Gasteiger partial charge in [0, 0.05) is 29.9 Å². The van der Waals surface area contributed by atoms with E-state index >= 15 is 0 Å². The number of fused-ring (bicyclic) bond motifs is 1. The second-order valence-electron chi connectivity index (χ2n) is 5.66. The lowest BCUT2D eigenvalue weighted by molar-refractivity contribution is 0.985. The van der Waals surface area contributed by atoms with Crippen molar-refractivity contribution in [1.29, 1.82) is 0 Å². The molecule has 0 radical (unpaired) electrons. The Bertz CT molecular complexity index is 878. The SMILES string of the molecule is C/C(=N\N(C)c1nccc2ccccc12)c1cc(C)ccc1N. The molecule has 0 fully saturated rings. The van der Waals surface area contributed by atoms with Gasteiger partial charge in [0.05, 0.1) is 5.71 Å². The molecule has 1 aromatic heterocycles. The van der Waals surface area contributed by atoms with Crippen molar-refractivity contribution in [3.63, 3.8) is 0 Å². The summed E-state index contributed by atoms with van der Waals surface area (Å²) in [5, 5.41) is 8.70. The molecule has 23 heavy (non-hydrogen) atoms. The number of aryl methyl sites for hydroxylation is 1. The lowest BCUT2D eigenvalue weighted by Crippen LogP contribution is -2.15. The fourth-order valence-electron chi connectivity index (χ4n) is 2.67. The number of hydrogen-bond donors (Lipinski definition) is 1. The average molecular weight is 304 g/mol. The van der Waals surface area contributed by atoms with Gasteiger partial charge in [-0.15, -0.1) is 0 Å². The predicted molar refractivity (Wildman–Crippen MR) is 97.9 cm³/mol. The molecule has 0 saturated carbocycles. The van der Waals surface area contributed by atoms with Crippen LogP contribution in [0.1, 0.15) is 18.1 Å². The molecule has 0 aliphatic carbocycles. The first-order valence-electron chi connectivity index (χ1n) is 7.55. The molecule has 0 amide bonds. The highest BCUT2D eigenvalue weighted by atomic mass is 15.5. The van der Waals surface area contributed by atoms with E-state index in [-0.39, 0.29) is 0 Å². The first-order valence-corrected chi connectivity index (χ1v) is 7.55. The summed E-state index contributed by atoms with van der Waals surface area (Å²) in [6, 6.07) is 16.1. The Morgan fingerprint density at radius 1 is 1.13 bits per heavy atom. The minimum absolute atomic E-state index is 0.733. The zero-order valence-electron chi connectivity index (χ0n) is 13.6. The van der Waals surface area contributed by atoms with E-state index in [9.17, 15) is 0 Å². The Morgan fingerprint density at radius 2 is 1.91 bits per heavy atom. The zero-order chi connectivity index (χ0) is 16.4. The molecular weight excluding hydrogens is 284 g/mol. The maximum absolute atomic E-state index is 6.08. The predicted octanol–water partition coefficient (Wildman–Crippen LogP) is 3.99. The summed E-state index contributed by atoms with van der Waals surface area (Å²) in [6.45, 7) is 4.01. The Labute approximate surface area is 136 Å². The Balaban J connectivity index is 2.02. The van der Waals surface area contributed by atoms with Gasteiger partial charge in [0.1, 0.15) is 0 Å². The summed E-state index contributed by atoms with van der Waals surface area (Å²) in [7, 11) is 1.91. The number of benzene rings is 2. The summed E-state index contributed by atoms with van der Waals surface area (Å²) in [5.41, 5.74) is 9.79. The van der Waals surface area contributed by atoms with E-state index in [1.807, 2.05) is 51.2 Å². The van der Waals surface area contributed by atoms with Crippen molar-refractivity contribution >= 4 is 28.0 Å². The third kappa shape index (κ3) is 3.01. The van der Waals surface area contributed by atoms with Crippen molar-refractivity contribution < 1.29 is 0 Å². The van der Waals surface area contributed by atoms with Gasteiger partial charge in [-0.2, -0.15) is 5.10 Å². The van der Waals surface area contributed by atoms with Gasteiger partial charge in [0.2, 0.25) is 0 Å². The molecule has 0 bridgehead atoms. The van der Waals surface area contributed by atoms with Crippen molar-refractivity contribution in [3.05, 3.63) is 65.9 Å². The molecule has 0 saturated heterocycles. The first kappa shape index (κ1) is 15.0. The summed E-state index contributed by atoms with van der Waals surface area (Å²) in [6.07, 6.45) is 1.81. The van der Waals surface area contributed by atoms with Crippen LogP contribution in [-0.4, -0.2) is 17.7 Å². The number of hydrogen-bond acceptors (Lipinski definition) is 4. The van der Waals surface area contributed by atoms with Gasteiger partial charge < -0.3 is 5.73 Å². The molecule has 0 unspecified atom stereocenters. The molecule has 0 aliphatic rings. The van der Waals surface area contributed by atoms with Crippen molar-refractivity contribution in [1.82, 2.24) is 4.98 Å². The molecule has 3 rings (SSSR count).